The average molecular weight is 222 g/mol. The molecule has 0 bridgehead atoms. The molecule has 0 amide bonds. The molecule has 0 fully saturated rings. The first-order valence-electron chi connectivity index (χ1n) is 5.28. The van der Waals surface area contributed by atoms with Gasteiger partial charge in [0.15, 0.2) is 6.29 Å². The first-order valence-corrected chi connectivity index (χ1v) is 5.28. The zero-order valence-electron chi connectivity index (χ0n) is 10.0. The lowest BCUT2D eigenvalue weighted by Crippen LogP contribution is -2.29. The fourth-order valence-corrected chi connectivity index (χ4v) is 1.43. The summed E-state index contributed by atoms with van der Waals surface area (Å²) in [5, 5.41) is 0. The molecule has 1 rings (SSSR count). The van der Waals surface area contributed by atoms with Crippen LogP contribution in [-0.4, -0.2) is 26.1 Å². The first kappa shape index (κ1) is 12.7. The lowest BCUT2D eigenvalue weighted by Gasteiger charge is -2.20. The van der Waals surface area contributed by atoms with Crippen LogP contribution in [0.5, 0.6) is 5.75 Å². The van der Waals surface area contributed by atoms with E-state index in [0.29, 0.717) is 6.42 Å². The summed E-state index contributed by atoms with van der Waals surface area (Å²) >= 11 is 0. The summed E-state index contributed by atoms with van der Waals surface area (Å²) in [6.45, 7) is 1.79. The molecule has 0 heterocycles. The number of methoxy groups -OCH3 is 2. The van der Waals surface area contributed by atoms with E-state index < -0.39 is 5.60 Å². The molecule has 1 atom stereocenters. The van der Waals surface area contributed by atoms with Crippen molar-refractivity contribution in [3.8, 4) is 5.75 Å². The number of aldehydes is 1. The van der Waals surface area contributed by atoms with Crippen LogP contribution in [0.4, 0.5) is 0 Å². The maximum Gasteiger partial charge on any atom is 0.151 e. The summed E-state index contributed by atoms with van der Waals surface area (Å²) in [5.74, 6) is 0.836. The van der Waals surface area contributed by atoms with Crippen molar-refractivity contribution in [2.75, 3.05) is 14.2 Å². The Bertz CT molecular complexity index is 349. The highest BCUT2D eigenvalue weighted by molar-refractivity contribution is 5.61. The molecule has 1 aromatic rings. The number of hydrogen-bond donors (Lipinski definition) is 0. The third-order valence-corrected chi connectivity index (χ3v) is 2.76. The van der Waals surface area contributed by atoms with Gasteiger partial charge in [0.05, 0.1) is 7.11 Å². The minimum absolute atomic E-state index is 0.667. The number of hydrogen-bond acceptors (Lipinski definition) is 3. The molecule has 0 aliphatic rings. The Morgan fingerprint density at radius 1 is 1.38 bits per heavy atom. The molecule has 0 aliphatic carbocycles. The third-order valence-electron chi connectivity index (χ3n) is 2.76. The Balaban J connectivity index is 2.63. The smallest absolute Gasteiger partial charge is 0.151 e. The fourth-order valence-electron chi connectivity index (χ4n) is 1.43. The second kappa shape index (κ2) is 5.66. The number of ether oxygens (including phenoxy) is 2. The minimum Gasteiger partial charge on any atom is -0.497 e. The van der Waals surface area contributed by atoms with Crippen molar-refractivity contribution < 1.29 is 14.3 Å². The molecular weight excluding hydrogens is 204 g/mol. The van der Waals surface area contributed by atoms with Gasteiger partial charge in [-0.2, -0.15) is 0 Å². The highest BCUT2D eigenvalue weighted by atomic mass is 16.5. The Morgan fingerprint density at radius 3 is 2.69 bits per heavy atom. The highest BCUT2D eigenvalue weighted by Crippen LogP contribution is 2.18. The number of benzene rings is 1. The lowest BCUT2D eigenvalue weighted by atomic mass is 9.98. The number of aryl methyl sites for hydroxylation is 1. The molecule has 0 aliphatic heterocycles. The summed E-state index contributed by atoms with van der Waals surface area (Å²) in [5.41, 5.74) is 0.452. The summed E-state index contributed by atoms with van der Waals surface area (Å²) in [7, 11) is 3.20. The van der Waals surface area contributed by atoms with E-state index in [2.05, 4.69) is 0 Å². The fraction of sp³-hybridized carbons (Fsp3) is 0.462. The van der Waals surface area contributed by atoms with Crippen LogP contribution in [0.2, 0.25) is 0 Å². The molecule has 1 aromatic carbocycles. The molecule has 0 saturated carbocycles. The molecule has 16 heavy (non-hydrogen) atoms. The third kappa shape index (κ3) is 3.35. The van der Waals surface area contributed by atoms with Gasteiger partial charge in [0.2, 0.25) is 0 Å². The Morgan fingerprint density at radius 2 is 2.12 bits per heavy atom. The van der Waals surface area contributed by atoms with Crippen molar-refractivity contribution in [2.45, 2.75) is 25.4 Å². The van der Waals surface area contributed by atoms with E-state index in [4.69, 9.17) is 9.47 Å². The second-order valence-corrected chi connectivity index (χ2v) is 3.99. The second-order valence-electron chi connectivity index (χ2n) is 3.99. The van der Waals surface area contributed by atoms with Crippen LogP contribution in [0.15, 0.2) is 24.3 Å². The maximum atomic E-state index is 10.9. The molecule has 0 spiro atoms. The van der Waals surface area contributed by atoms with E-state index in [0.717, 1.165) is 24.0 Å². The van der Waals surface area contributed by atoms with E-state index in [1.165, 1.54) is 0 Å². The standard InChI is InChI=1S/C13H18O3/c1-13(10-14,16-3)8-7-11-5-4-6-12(9-11)15-2/h4-6,9-10H,7-8H2,1-3H3. The van der Waals surface area contributed by atoms with Gasteiger partial charge in [0.1, 0.15) is 11.4 Å². The number of carbonyl (C=O) groups is 1. The molecule has 0 saturated heterocycles. The van der Waals surface area contributed by atoms with Crippen molar-refractivity contribution in [3.05, 3.63) is 29.8 Å². The summed E-state index contributed by atoms with van der Waals surface area (Å²) in [6.07, 6.45) is 2.31. The van der Waals surface area contributed by atoms with Crippen molar-refractivity contribution in [2.24, 2.45) is 0 Å². The molecule has 88 valence electrons. The molecule has 0 aromatic heterocycles. The van der Waals surface area contributed by atoms with Gasteiger partial charge in [-0.25, -0.2) is 0 Å². The lowest BCUT2D eigenvalue weighted by molar-refractivity contribution is -0.126. The zero-order valence-corrected chi connectivity index (χ0v) is 10.0. The predicted octanol–water partition coefficient (Wildman–Crippen LogP) is 2.23. The average Bonchev–Trinajstić information content (AvgIpc) is 2.36. The van der Waals surface area contributed by atoms with Crippen LogP contribution in [0.1, 0.15) is 18.9 Å². The molecule has 3 heteroatoms. The summed E-state index contributed by atoms with van der Waals surface area (Å²) in [6, 6.07) is 7.84. The summed E-state index contributed by atoms with van der Waals surface area (Å²) < 4.78 is 10.3. The predicted molar refractivity (Wildman–Crippen MR) is 62.8 cm³/mol. The van der Waals surface area contributed by atoms with Gasteiger partial charge in [-0.15, -0.1) is 0 Å². The van der Waals surface area contributed by atoms with E-state index >= 15 is 0 Å². The minimum atomic E-state index is -0.691. The van der Waals surface area contributed by atoms with Crippen LogP contribution in [-0.2, 0) is 16.0 Å². The van der Waals surface area contributed by atoms with Gasteiger partial charge in [-0.05, 0) is 37.5 Å². The molecular formula is C13H18O3. The highest BCUT2D eigenvalue weighted by Gasteiger charge is 2.21. The molecule has 0 N–H and O–H groups in total. The van der Waals surface area contributed by atoms with Gasteiger partial charge < -0.3 is 14.3 Å². The van der Waals surface area contributed by atoms with Crippen molar-refractivity contribution in [3.63, 3.8) is 0 Å². The van der Waals surface area contributed by atoms with E-state index in [1.807, 2.05) is 24.3 Å². The van der Waals surface area contributed by atoms with Crippen LogP contribution in [0.3, 0.4) is 0 Å². The zero-order chi connectivity index (χ0) is 12.0. The number of carbonyl (C=O) groups excluding carboxylic acids is 1. The van der Waals surface area contributed by atoms with Gasteiger partial charge in [-0.1, -0.05) is 12.1 Å². The van der Waals surface area contributed by atoms with Crippen LogP contribution in [0.25, 0.3) is 0 Å². The van der Waals surface area contributed by atoms with E-state index in [9.17, 15) is 4.79 Å². The van der Waals surface area contributed by atoms with Gasteiger partial charge in [0.25, 0.3) is 0 Å². The quantitative estimate of drug-likeness (QED) is 0.692. The molecule has 3 nitrogen and oxygen atoms in total. The Labute approximate surface area is 96.4 Å². The number of rotatable bonds is 6. The Hall–Kier alpha value is -1.35. The van der Waals surface area contributed by atoms with Gasteiger partial charge in [-0.3, -0.25) is 0 Å². The van der Waals surface area contributed by atoms with Crippen LogP contribution < -0.4 is 4.74 Å². The normalized spacial score (nSPS) is 14.2. The monoisotopic (exact) mass is 222 g/mol. The SMILES string of the molecule is COc1cccc(CCC(C)(C=O)OC)c1. The topological polar surface area (TPSA) is 35.5 Å². The van der Waals surface area contributed by atoms with Crippen molar-refractivity contribution >= 4 is 6.29 Å². The first-order chi connectivity index (χ1) is 7.63. The molecule has 1 unspecified atom stereocenters. The van der Waals surface area contributed by atoms with E-state index in [1.54, 1.807) is 21.1 Å². The van der Waals surface area contributed by atoms with Crippen LogP contribution >= 0.6 is 0 Å². The largest absolute Gasteiger partial charge is 0.497 e. The van der Waals surface area contributed by atoms with Crippen molar-refractivity contribution in [1.82, 2.24) is 0 Å². The van der Waals surface area contributed by atoms with Gasteiger partial charge in [0, 0.05) is 7.11 Å². The maximum absolute atomic E-state index is 10.9. The Kier molecular flexibility index (Phi) is 4.50. The summed E-state index contributed by atoms with van der Waals surface area (Å²) in [4.78, 5) is 10.9. The van der Waals surface area contributed by atoms with Crippen LogP contribution in [0, 0.1) is 0 Å². The molecule has 0 radical (unpaired) electrons. The van der Waals surface area contributed by atoms with E-state index in [-0.39, 0.29) is 0 Å². The van der Waals surface area contributed by atoms with Gasteiger partial charge >= 0.3 is 0 Å². The van der Waals surface area contributed by atoms with Crippen molar-refractivity contribution in [1.29, 1.82) is 0 Å².